The largest absolute Gasteiger partial charge is 0.378 e. The predicted octanol–water partition coefficient (Wildman–Crippen LogP) is 12.5. The second-order valence-corrected chi connectivity index (χ2v) is 13.1. The Morgan fingerprint density at radius 2 is 1.66 bits per heavy atom. The molecule has 6 unspecified atom stereocenters. The maximum Gasteiger partial charge on any atom is 0.0612 e. The van der Waals surface area contributed by atoms with Gasteiger partial charge in [0.05, 0.1) is 6.10 Å². The Balaban J connectivity index is 0.000000814. The van der Waals surface area contributed by atoms with E-state index in [2.05, 4.69) is 75.0 Å². The van der Waals surface area contributed by atoms with Crippen LogP contribution >= 0.6 is 0 Å². The van der Waals surface area contributed by atoms with Crippen molar-refractivity contribution < 1.29 is 4.74 Å². The molecule has 0 bridgehead atoms. The molecule has 3 aliphatic rings. The van der Waals surface area contributed by atoms with Crippen LogP contribution in [0, 0.1) is 40.9 Å². The van der Waals surface area contributed by atoms with Gasteiger partial charge in [-0.15, -0.1) is 6.58 Å². The molecule has 0 aromatic carbocycles. The van der Waals surface area contributed by atoms with Crippen LogP contribution in [-0.4, -0.2) is 12.7 Å². The maximum atomic E-state index is 6.11. The van der Waals surface area contributed by atoms with Crippen LogP contribution in [0.5, 0.6) is 0 Å². The first-order valence-corrected chi connectivity index (χ1v) is 17.1. The summed E-state index contributed by atoms with van der Waals surface area (Å²) in [7, 11) is 0. The van der Waals surface area contributed by atoms with Crippen molar-refractivity contribution in [2.75, 3.05) is 6.61 Å². The molecule has 0 spiro atoms. The van der Waals surface area contributed by atoms with Crippen LogP contribution < -0.4 is 0 Å². The molecule has 1 nitrogen and oxygen atoms in total. The number of hydrogen-bond donors (Lipinski definition) is 0. The molecule has 3 aliphatic carbocycles. The summed E-state index contributed by atoms with van der Waals surface area (Å²) < 4.78 is 6.11. The summed E-state index contributed by atoms with van der Waals surface area (Å²) in [6, 6.07) is 0. The Bertz CT molecular complexity index is 602. The van der Waals surface area contributed by atoms with Crippen molar-refractivity contribution in [2.45, 2.75) is 166 Å². The van der Waals surface area contributed by atoms with Gasteiger partial charge in [-0.3, -0.25) is 0 Å². The number of rotatable bonds is 10. The highest BCUT2D eigenvalue weighted by Gasteiger charge is 2.51. The first kappa shape index (κ1) is 37.4. The molecule has 1 heteroatoms. The van der Waals surface area contributed by atoms with Gasteiger partial charge in [0, 0.05) is 6.61 Å². The van der Waals surface area contributed by atoms with Crippen molar-refractivity contribution in [2.24, 2.45) is 40.9 Å². The topological polar surface area (TPSA) is 9.23 Å². The summed E-state index contributed by atoms with van der Waals surface area (Å²) >= 11 is 0. The lowest BCUT2D eigenvalue weighted by atomic mass is 9.49. The molecular weight excluding hydrogens is 460 g/mol. The van der Waals surface area contributed by atoms with Gasteiger partial charge in [-0.2, -0.15) is 0 Å². The molecule has 0 aromatic rings. The normalized spacial score (nSPS) is 29.8. The summed E-state index contributed by atoms with van der Waals surface area (Å²) in [5.74, 6) is 5.44. The van der Waals surface area contributed by atoms with Gasteiger partial charge in [0.15, 0.2) is 0 Å². The van der Waals surface area contributed by atoms with Crippen molar-refractivity contribution in [3.8, 4) is 0 Å². The summed E-state index contributed by atoms with van der Waals surface area (Å²) in [6.07, 6.45) is 22.8. The Hall–Kier alpha value is -0.560. The monoisotopic (exact) mass is 533 g/mol. The van der Waals surface area contributed by atoms with Crippen LogP contribution in [0.15, 0.2) is 24.3 Å². The molecule has 0 aromatic heterocycles. The van der Waals surface area contributed by atoms with Gasteiger partial charge in [-0.05, 0) is 85.9 Å². The lowest BCUT2D eigenvalue weighted by Gasteiger charge is -2.56. The van der Waals surface area contributed by atoms with E-state index in [1.54, 1.807) is 5.57 Å². The molecule has 2 fully saturated rings. The van der Waals surface area contributed by atoms with E-state index in [9.17, 15) is 0 Å². The Kier molecular flexibility index (Phi) is 20.9. The van der Waals surface area contributed by atoms with Gasteiger partial charge < -0.3 is 4.74 Å². The van der Waals surface area contributed by atoms with Crippen LogP contribution in [-0.2, 0) is 4.74 Å². The molecule has 38 heavy (non-hydrogen) atoms. The van der Waals surface area contributed by atoms with Crippen LogP contribution in [0.1, 0.15) is 160 Å². The molecule has 226 valence electrons. The zero-order chi connectivity index (χ0) is 29.1. The second-order valence-electron chi connectivity index (χ2n) is 13.1. The van der Waals surface area contributed by atoms with E-state index in [0.29, 0.717) is 17.4 Å². The van der Waals surface area contributed by atoms with Crippen molar-refractivity contribution in [3.63, 3.8) is 0 Å². The number of hydrogen-bond acceptors (Lipinski definition) is 1. The van der Waals surface area contributed by atoms with Gasteiger partial charge in [0.25, 0.3) is 0 Å². The lowest BCUT2D eigenvalue weighted by Crippen LogP contribution is -2.48. The fraction of sp³-hybridized carbons (Fsp3) is 0.892. The maximum absolute atomic E-state index is 6.11. The van der Waals surface area contributed by atoms with Crippen LogP contribution in [0.3, 0.4) is 0 Å². The summed E-state index contributed by atoms with van der Waals surface area (Å²) in [5.41, 5.74) is 2.25. The zero-order valence-electron chi connectivity index (χ0n) is 28.2. The minimum absolute atomic E-state index is 0.486. The molecule has 0 aliphatic heterocycles. The molecule has 0 saturated heterocycles. The summed E-state index contributed by atoms with van der Waals surface area (Å²) in [4.78, 5) is 0. The summed E-state index contributed by atoms with van der Waals surface area (Å²) in [5, 5.41) is 0. The van der Waals surface area contributed by atoms with E-state index in [4.69, 9.17) is 4.74 Å². The van der Waals surface area contributed by atoms with Crippen LogP contribution in [0.4, 0.5) is 0 Å². The molecule has 0 N–H and O–H groups in total. The second kappa shape index (κ2) is 21.2. The zero-order valence-corrected chi connectivity index (χ0v) is 28.2. The number of unbranched alkanes of at least 4 members (excludes halogenated alkanes) is 1. The predicted molar refractivity (Wildman–Crippen MR) is 174 cm³/mol. The molecule has 2 saturated carbocycles. The standard InChI is InChI=1S/C23H40O.C7H16.C5H10.C2H6/c1-5-8-17-9-12-22-21(20(17)7-3)11-10-18-16-19(24-15-6-2)13-14-23(18,22)4;1-4-5-6-7(2)3;1-4-5(2)3;1-2/h10,17,19-22H,5-9,11-16H2,1-4H3;7H,4-6H2,1-3H3;4-5H,1H2,2-3H3;1-2H3. The highest BCUT2D eigenvalue weighted by molar-refractivity contribution is 5.24. The first-order valence-electron chi connectivity index (χ1n) is 17.1. The van der Waals surface area contributed by atoms with Crippen molar-refractivity contribution in [1.82, 2.24) is 0 Å². The molecule has 0 radical (unpaired) electrons. The van der Waals surface area contributed by atoms with E-state index in [0.717, 1.165) is 42.6 Å². The highest BCUT2D eigenvalue weighted by Crippen LogP contribution is 2.59. The lowest BCUT2D eigenvalue weighted by molar-refractivity contribution is -0.0339. The quantitative estimate of drug-likeness (QED) is 0.254. The molecule has 6 atom stereocenters. The van der Waals surface area contributed by atoms with Crippen LogP contribution in [0.25, 0.3) is 0 Å². The number of fused-ring (bicyclic) bond motifs is 3. The van der Waals surface area contributed by atoms with Crippen molar-refractivity contribution in [3.05, 3.63) is 24.3 Å². The Morgan fingerprint density at radius 1 is 1.00 bits per heavy atom. The van der Waals surface area contributed by atoms with Crippen molar-refractivity contribution in [1.29, 1.82) is 0 Å². The SMILES string of the molecule is C=CC(C)C.CC.CCCCC(C)C.CCCOC1CCC2(C)C(=CCC3C(CC)C(CCC)CCC32)C1. The fourth-order valence-corrected chi connectivity index (χ4v) is 7.22. The highest BCUT2D eigenvalue weighted by atomic mass is 16.5. The van der Waals surface area contributed by atoms with E-state index in [1.807, 2.05) is 19.9 Å². The van der Waals surface area contributed by atoms with Gasteiger partial charge >= 0.3 is 0 Å². The third kappa shape index (κ3) is 12.3. The van der Waals surface area contributed by atoms with E-state index in [-0.39, 0.29) is 0 Å². The molecule has 3 rings (SSSR count). The minimum Gasteiger partial charge on any atom is -0.378 e. The number of ether oxygens (including phenoxy) is 1. The Labute approximate surface area is 242 Å². The van der Waals surface area contributed by atoms with Crippen LogP contribution in [0.2, 0.25) is 0 Å². The van der Waals surface area contributed by atoms with Gasteiger partial charge in [0.2, 0.25) is 0 Å². The third-order valence-electron chi connectivity index (χ3n) is 9.44. The average Bonchev–Trinajstić information content (AvgIpc) is 2.92. The third-order valence-corrected chi connectivity index (χ3v) is 9.44. The van der Waals surface area contributed by atoms with Gasteiger partial charge in [-0.1, -0.05) is 132 Å². The number of allylic oxidation sites excluding steroid dienone is 2. The van der Waals surface area contributed by atoms with E-state index < -0.39 is 0 Å². The molecule has 0 amide bonds. The van der Waals surface area contributed by atoms with Gasteiger partial charge in [0.1, 0.15) is 0 Å². The van der Waals surface area contributed by atoms with Gasteiger partial charge in [-0.25, -0.2) is 0 Å². The molecular formula is C37H72O. The smallest absolute Gasteiger partial charge is 0.0612 e. The Morgan fingerprint density at radius 3 is 2.13 bits per heavy atom. The minimum atomic E-state index is 0.486. The fourth-order valence-electron chi connectivity index (χ4n) is 7.22. The van der Waals surface area contributed by atoms with Crippen molar-refractivity contribution >= 4 is 0 Å². The van der Waals surface area contributed by atoms with E-state index in [1.165, 1.54) is 77.0 Å². The summed E-state index contributed by atoms with van der Waals surface area (Å²) in [6.45, 7) is 29.1. The average molecular weight is 533 g/mol. The first-order chi connectivity index (χ1) is 18.2. The van der Waals surface area contributed by atoms with E-state index >= 15 is 0 Å². The molecule has 0 heterocycles.